The smallest absolute Gasteiger partial charge is 0.227 e. The molecule has 1 aromatic heterocycles. The fourth-order valence-corrected chi connectivity index (χ4v) is 2.11. The summed E-state index contributed by atoms with van der Waals surface area (Å²) < 4.78 is 5.28. The zero-order valence-electron chi connectivity index (χ0n) is 11.1. The molecular formula is C14H21NO2. The van der Waals surface area contributed by atoms with Crippen LogP contribution in [0, 0.1) is 5.41 Å². The molecule has 1 saturated carbocycles. The topological polar surface area (TPSA) is 33.5 Å². The number of rotatable bonds is 3. The first-order valence-corrected chi connectivity index (χ1v) is 6.20. The molecule has 0 saturated heterocycles. The Kier molecular flexibility index (Phi) is 3.02. The van der Waals surface area contributed by atoms with Gasteiger partial charge in [0.25, 0.3) is 0 Å². The van der Waals surface area contributed by atoms with E-state index in [1.54, 1.807) is 11.2 Å². The number of carbonyl (C=O) groups excluding carboxylic acids is 1. The van der Waals surface area contributed by atoms with Gasteiger partial charge >= 0.3 is 0 Å². The molecule has 1 amide bonds. The lowest BCUT2D eigenvalue weighted by Crippen LogP contribution is -2.36. The molecule has 1 fully saturated rings. The second-order valence-corrected chi connectivity index (χ2v) is 6.04. The van der Waals surface area contributed by atoms with Gasteiger partial charge in [-0.3, -0.25) is 4.79 Å². The number of hydrogen-bond acceptors (Lipinski definition) is 2. The van der Waals surface area contributed by atoms with Crippen molar-refractivity contribution in [1.29, 1.82) is 0 Å². The molecular weight excluding hydrogens is 214 g/mol. The maximum Gasteiger partial charge on any atom is 0.227 e. The zero-order valence-corrected chi connectivity index (χ0v) is 11.1. The number of nitrogens with zero attached hydrogens (tertiary/aromatic N) is 1. The molecule has 0 spiro atoms. The average Bonchev–Trinajstić information content (AvgIpc) is 2.98. The van der Waals surface area contributed by atoms with Crippen molar-refractivity contribution in [3.63, 3.8) is 0 Å². The van der Waals surface area contributed by atoms with Gasteiger partial charge in [-0.05, 0) is 24.3 Å². The van der Waals surface area contributed by atoms with Crippen molar-refractivity contribution in [2.24, 2.45) is 5.41 Å². The molecule has 0 aromatic carbocycles. The molecule has 3 nitrogen and oxygen atoms in total. The van der Waals surface area contributed by atoms with Gasteiger partial charge in [0.1, 0.15) is 0 Å². The van der Waals surface area contributed by atoms with E-state index in [0.29, 0.717) is 12.5 Å². The highest BCUT2D eigenvalue weighted by atomic mass is 16.3. The molecule has 2 rings (SSSR count). The molecule has 0 radical (unpaired) electrons. The summed E-state index contributed by atoms with van der Waals surface area (Å²) in [5.74, 6) is 0.835. The van der Waals surface area contributed by atoms with E-state index < -0.39 is 0 Å². The summed E-state index contributed by atoms with van der Waals surface area (Å²) in [7, 11) is 1.86. The SMILES string of the molecule is CN(Cc1cocc1C1CC1)C(=O)C(C)(C)C. The van der Waals surface area contributed by atoms with Crippen molar-refractivity contribution >= 4 is 5.91 Å². The molecule has 17 heavy (non-hydrogen) atoms. The maximum atomic E-state index is 12.1. The van der Waals surface area contributed by atoms with Gasteiger partial charge in [-0.25, -0.2) is 0 Å². The average molecular weight is 235 g/mol. The molecule has 1 aliphatic carbocycles. The summed E-state index contributed by atoms with van der Waals surface area (Å²) in [5.41, 5.74) is 2.13. The fourth-order valence-electron chi connectivity index (χ4n) is 2.11. The largest absolute Gasteiger partial charge is 0.472 e. The van der Waals surface area contributed by atoms with Gasteiger partial charge < -0.3 is 9.32 Å². The molecule has 1 heterocycles. The lowest BCUT2D eigenvalue weighted by atomic mass is 9.94. The molecule has 94 valence electrons. The summed E-state index contributed by atoms with van der Waals surface area (Å²) in [5, 5.41) is 0. The highest BCUT2D eigenvalue weighted by molar-refractivity contribution is 5.81. The van der Waals surface area contributed by atoms with Gasteiger partial charge in [-0.15, -0.1) is 0 Å². The van der Waals surface area contributed by atoms with E-state index in [1.807, 2.05) is 34.1 Å². The minimum atomic E-state index is -0.321. The van der Waals surface area contributed by atoms with E-state index in [1.165, 1.54) is 18.4 Å². The first kappa shape index (κ1) is 12.2. The number of amides is 1. The van der Waals surface area contributed by atoms with E-state index in [9.17, 15) is 4.79 Å². The van der Waals surface area contributed by atoms with Crippen LogP contribution >= 0.6 is 0 Å². The van der Waals surface area contributed by atoms with Crippen LogP contribution in [0.2, 0.25) is 0 Å². The van der Waals surface area contributed by atoms with Crippen molar-refractivity contribution < 1.29 is 9.21 Å². The lowest BCUT2D eigenvalue weighted by Gasteiger charge is -2.25. The van der Waals surface area contributed by atoms with Gasteiger partial charge in [0.05, 0.1) is 12.5 Å². The Labute approximate surface area is 103 Å². The van der Waals surface area contributed by atoms with Crippen LogP contribution in [0.1, 0.15) is 50.7 Å². The number of hydrogen-bond donors (Lipinski definition) is 0. The minimum absolute atomic E-state index is 0.167. The van der Waals surface area contributed by atoms with Gasteiger partial charge in [-0.2, -0.15) is 0 Å². The Balaban J connectivity index is 2.05. The van der Waals surface area contributed by atoms with Crippen LogP contribution in [0.15, 0.2) is 16.9 Å². The molecule has 0 unspecified atom stereocenters. The first-order chi connectivity index (χ1) is 7.89. The van der Waals surface area contributed by atoms with E-state index >= 15 is 0 Å². The normalized spacial score (nSPS) is 16.0. The Morgan fingerprint density at radius 2 is 2.06 bits per heavy atom. The predicted octanol–water partition coefficient (Wildman–Crippen LogP) is 3.16. The highest BCUT2D eigenvalue weighted by Crippen LogP contribution is 2.42. The molecule has 1 aromatic rings. The Morgan fingerprint density at radius 3 is 2.59 bits per heavy atom. The first-order valence-electron chi connectivity index (χ1n) is 6.20. The van der Waals surface area contributed by atoms with Crippen LogP contribution in [-0.4, -0.2) is 17.9 Å². The molecule has 0 aliphatic heterocycles. The summed E-state index contributed by atoms with van der Waals surface area (Å²) in [6.07, 6.45) is 6.12. The Hall–Kier alpha value is -1.25. The standard InChI is InChI=1S/C14H21NO2/c1-14(2,3)13(16)15(4)7-11-8-17-9-12(11)10-5-6-10/h8-10H,5-7H2,1-4H3. The third-order valence-electron chi connectivity index (χ3n) is 3.19. The van der Waals surface area contributed by atoms with Crippen molar-refractivity contribution in [3.8, 4) is 0 Å². The third kappa shape index (κ3) is 2.71. The molecule has 0 bridgehead atoms. The summed E-state index contributed by atoms with van der Waals surface area (Å²) in [6, 6.07) is 0. The van der Waals surface area contributed by atoms with Crippen LogP contribution in [0.3, 0.4) is 0 Å². The van der Waals surface area contributed by atoms with Gasteiger partial charge in [0.2, 0.25) is 5.91 Å². The predicted molar refractivity (Wildman–Crippen MR) is 66.6 cm³/mol. The summed E-state index contributed by atoms with van der Waals surface area (Å²) in [6.45, 7) is 6.49. The lowest BCUT2D eigenvalue weighted by molar-refractivity contribution is -0.138. The second-order valence-electron chi connectivity index (χ2n) is 6.04. The summed E-state index contributed by atoms with van der Waals surface area (Å²) in [4.78, 5) is 13.9. The fraction of sp³-hybridized carbons (Fsp3) is 0.643. The van der Waals surface area contributed by atoms with Crippen LogP contribution < -0.4 is 0 Å². The molecule has 3 heteroatoms. The quantitative estimate of drug-likeness (QED) is 0.806. The second kappa shape index (κ2) is 4.21. The summed E-state index contributed by atoms with van der Waals surface area (Å²) >= 11 is 0. The van der Waals surface area contributed by atoms with Crippen molar-refractivity contribution in [3.05, 3.63) is 23.7 Å². The Bertz CT molecular complexity index is 410. The van der Waals surface area contributed by atoms with E-state index in [2.05, 4.69) is 0 Å². The van der Waals surface area contributed by atoms with Gasteiger partial charge in [0.15, 0.2) is 0 Å². The van der Waals surface area contributed by atoms with E-state index in [-0.39, 0.29) is 11.3 Å². The van der Waals surface area contributed by atoms with E-state index in [4.69, 9.17) is 4.42 Å². The van der Waals surface area contributed by atoms with Crippen molar-refractivity contribution in [2.75, 3.05) is 7.05 Å². The van der Waals surface area contributed by atoms with Crippen LogP contribution in [0.25, 0.3) is 0 Å². The molecule has 1 aliphatic rings. The van der Waals surface area contributed by atoms with Gasteiger partial charge in [-0.1, -0.05) is 20.8 Å². The number of carbonyl (C=O) groups is 1. The van der Waals surface area contributed by atoms with Crippen LogP contribution in [0.5, 0.6) is 0 Å². The Morgan fingerprint density at radius 1 is 1.41 bits per heavy atom. The third-order valence-corrected chi connectivity index (χ3v) is 3.19. The van der Waals surface area contributed by atoms with Crippen LogP contribution in [-0.2, 0) is 11.3 Å². The number of furan rings is 1. The monoisotopic (exact) mass is 235 g/mol. The molecule has 0 atom stereocenters. The zero-order chi connectivity index (χ0) is 12.6. The maximum absolute atomic E-state index is 12.1. The molecule has 0 N–H and O–H groups in total. The highest BCUT2D eigenvalue weighted by Gasteiger charge is 2.30. The van der Waals surface area contributed by atoms with Crippen molar-refractivity contribution in [1.82, 2.24) is 4.90 Å². The minimum Gasteiger partial charge on any atom is -0.472 e. The van der Waals surface area contributed by atoms with Crippen molar-refractivity contribution in [2.45, 2.75) is 46.1 Å². The van der Waals surface area contributed by atoms with Crippen LogP contribution in [0.4, 0.5) is 0 Å². The van der Waals surface area contributed by atoms with Gasteiger partial charge in [0, 0.05) is 24.6 Å². The van der Waals surface area contributed by atoms with E-state index in [0.717, 1.165) is 5.56 Å².